The molecule has 0 aromatic heterocycles. The Balaban J connectivity index is 2.61. The summed E-state index contributed by atoms with van der Waals surface area (Å²) in [5.41, 5.74) is 1.06. The first-order chi connectivity index (χ1) is 9.01. The monoisotopic (exact) mass is 347 g/mol. The van der Waals surface area contributed by atoms with Gasteiger partial charge in [-0.15, -0.1) is 0 Å². The summed E-state index contributed by atoms with van der Waals surface area (Å²) in [5, 5.41) is 1.06. The zero-order valence-electron chi connectivity index (χ0n) is 11.6. The van der Waals surface area contributed by atoms with Gasteiger partial charge in [0.15, 0.2) is 9.84 Å². The highest BCUT2D eigenvalue weighted by atomic mass is 79.9. The van der Waals surface area contributed by atoms with Gasteiger partial charge in [0.05, 0.1) is 10.6 Å². The van der Waals surface area contributed by atoms with Crippen LogP contribution in [0.25, 0.3) is 0 Å². The van der Waals surface area contributed by atoms with Gasteiger partial charge >= 0.3 is 0 Å². The molecule has 108 valence electrons. The van der Waals surface area contributed by atoms with Crippen molar-refractivity contribution < 1.29 is 8.42 Å². The van der Waals surface area contributed by atoms with Crippen LogP contribution in [0.2, 0.25) is 0 Å². The molecule has 0 saturated heterocycles. The van der Waals surface area contributed by atoms with E-state index in [1.165, 1.54) is 12.8 Å². The van der Waals surface area contributed by atoms with Gasteiger partial charge in [-0.2, -0.15) is 0 Å². The van der Waals surface area contributed by atoms with Crippen LogP contribution in [-0.4, -0.2) is 33.1 Å². The molecule has 3 nitrogen and oxygen atoms in total. The summed E-state index contributed by atoms with van der Waals surface area (Å²) < 4.78 is 23.4. The van der Waals surface area contributed by atoms with Crippen LogP contribution in [0.4, 0.5) is 5.69 Å². The molecular weight excluding hydrogens is 326 g/mol. The van der Waals surface area contributed by atoms with Crippen LogP contribution in [0.5, 0.6) is 0 Å². The van der Waals surface area contributed by atoms with E-state index in [1.54, 1.807) is 19.1 Å². The number of sulfone groups is 1. The van der Waals surface area contributed by atoms with Gasteiger partial charge < -0.3 is 4.90 Å². The molecule has 0 aliphatic rings. The third-order valence-electron chi connectivity index (χ3n) is 3.14. The highest BCUT2D eigenvalue weighted by molar-refractivity contribution is 9.09. The molecule has 5 heteroatoms. The van der Waals surface area contributed by atoms with Crippen LogP contribution in [-0.2, 0) is 9.84 Å². The molecular formula is C14H22BrNO2S. The van der Waals surface area contributed by atoms with Crippen molar-refractivity contribution >= 4 is 31.5 Å². The average molecular weight is 348 g/mol. The minimum absolute atomic E-state index is 0.148. The number of benzene rings is 1. The van der Waals surface area contributed by atoms with Crippen molar-refractivity contribution in [2.75, 3.05) is 29.6 Å². The van der Waals surface area contributed by atoms with Crippen LogP contribution in [0.3, 0.4) is 0 Å². The van der Waals surface area contributed by atoms with Crippen molar-refractivity contribution in [3.63, 3.8) is 0 Å². The van der Waals surface area contributed by atoms with E-state index in [0.717, 1.165) is 24.0 Å². The molecule has 0 amide bonds. The maximum absolute atomic E-state index is 11.7. The fourth-order valence-electron chi connectivity index (χ4n) is 1.82. The van der Waals surface area contributed by atoms with E-state index in [4.69, 9.17) is 0 Å². The van der Waals surface area contributed by atoms with Gasteiger partial charge in [0, 0.05) is 24.6 Å². The Labute approximate surface area is 125 Å². The standard InChI is InChI=1S/C14H22BrNO2S/c1-3-19(17,18)14-9-7-13(8-10-14)16(2)12-6-4-5-11-15/h7-10H,3-6,11-12H2,1-2H3. The summed E-state index contributed by atoms with van der Waals surface area (Å²) in [6.45, 7) is 2.66. The number of alkyl halides is 1. The van der Waals surface area contributed by atoms with Gasteiger partial charge in [0.1, 0.15) is 0 Å². The number of halogens is 1. The number of anilines is 1. The van der Waals surface area contributed by atoms with Crippen LogP contribution < -0.4 is 4.90 Å². The molecule has 1 aromatic carbocycles. The summed E-state index contributed by atoms with van der Waals surface area (Å²) in [5.74, 6) is 0.148. The molecule has 0 atom stereocenters. The second kappa shape index (κ2) is 7.90. The maximum atomic E-state index is 11.7. The number of hydrogen-bond donors (Lipinski definition) is 0. The van der Waals surface area contributed by atoms with Crippen LogP contribution in [0.1, 0.15) is 26.2 Å². The van der Waals surface area contributed by atoms with Crippen molar-refractivity contribution in [3.05, 3.63) is 24.3 Å². The third-order valence-corrected chi connectivity index (χ3v) is 5.46. The van der Waals surface area contributed by atoms with E-state index >= 15 is 0 Å². The Morgan fingerprint density at radius 3 is 2.26 bits per heavy atom. The number of nitrogens with zero attached hydrogens (tertiary/aromatic N) is 1. The van der Waals surface area contributed by atoms with Crippen molar-refractivity contribution in [1.29, 1.82) is 0 Å². The van der Waals surface area contributed by atoms with Gasteiger partial charge in [-0.1, -0.05) is 29.3 Å². The average Bonchev–Trinajstić information content (AvgIpc) is 2.43. The van der Waals surface area contributed by atoms with Crippen LogP contribution in [0.15, 0.2) is 29.2 Å². The molecule has 1 rings (SSSR count). The van der Waals surface area contributed by atoms with Gasteiger partial charge in [0.2, 0.25) is 0 Å². The normalized spacial score (nSPS) is 11.5. The second-order valence-electron chi connectivity index (χ2n) is 4.57. The Kier molecular flexibility index (Phi) is 6.86. The summed E-state index contributed by atoms with van der Waals surface area (Å²) >= 11 is 3.42. The Hall–Kier alpha value is -0.550. The minimum atomic E-state index is -3.09. The molecule has 1 aromatic rings. The first-order valence-electron chi connectivity index (χ1n) is 6.61. The second-order valence-corrected chi connectivity index (χ2v) is 7.64. The summed E-state index contributed by atoms with van der Waals surface area (Å²) in [6, 6.07) is 7.16. The van der Waals surface area contributed by atoms with Gasteiger partial charge in [0.25, 0.3) is 0 Å². The first-order valence-corrected chi connectivity index (χ1v) is 9.38. The largest absolute Gasteiger partial charge is 0.375 e. The number of rotatable bonds is 8. The Morgan fingerprint density at radius 2 is 1.74 bits per heavy atom. The number of unbranched alkanes of at least 4 members (excludes halogenated alkanes) is 2. The van der Waals surface area contributed by atoms with Crippen LogP contribution in [0, 0.1) is 0 Å². The van der Waals surface area contributed by atoms with Crippen LogP contribution >= 0.6 is 15.9 Å². The Morgan fingerprint density at radius 1 is 1.11 bits per heavy atom. The highest BCUT2D eigenvalue weighted by Gasteiger charge is 2.11. The lowest BCUT2D eigenvalue weighted by Crippen LogP contribution is -2.18. The van der Waals surface area contributed by atoms with E-state index < -0.39 is 9.84 Å². The van der Waals surface area contributed by atoms with Crippen molar-refractivity contribution in [1.82, 2.24) is 0 Å². The summed E-state index contributed by atoms with van der Waals surface area (Å²) in [4.78, 5) is 2.57. The first kappa shape index (κ1) is 16.5. The van der Waals surface area contributed by atoms with E-state index in [1.807, 2.05) is 19.2 Å². The van der Waals surface area contributed by atoms with Gasteiger partial charge in [-0.3, -0.25) is 0 Å². The zero-order chi connectivity index (χ0) is 14.3. The maximum Gasteiger partial charge on any atom is 0.178 e. The van der Waals surface area contributed by atoms with E-state index in [9.17, 15) is 8.42 Å². The molecule has 0 bridgehead atoms. The van der Waals surface area contributed by atoms with Gasteiger partial charge in [-0.05, 0) is 37.1 Å². The fraction of sp³-hybridized carbons (Fsp3) is 0.571. The van der Waals surface area contributed by atoms with E-state index in [2.05, 4.69) is 20.8 Å². The molecule has 19 heavy (non-hydrogen) atoms. The Bertz CT molecular complexity index is 471. The number of hydrogen-bond acceptors (Lipinski definition) is 3. The zero-order valence-corrected chi connectivity index (χ0v) is 14.0. The summed E-state index contributed by atoms with van der Waals surface area (Å²) in [7, 11) is -1.05. The molecule has 0 fully saturated rings. The summed E-state index contributed by atoms with van der Waals surface area (Å²) in [6.07, 6.45) is 3.55. The quantitative estimate of drug-likeness (QED) is 0.533. The fourth-order valence-corrected chi connectivity index (χ4v) is 3.10. The lowest BCUT2D eigenvalue weighted by molar-refractivity contribution is 0.597. The predicted molar refractivity (Wildman–Crippen MR) is 85.1 cm³/mol. The smallest absolute Gasteiger partial charge is 0.178 e. The van der Waals surface area contributed by atoms with Crippen molar-refractivity contribution in [2.24, 2.45) is 0 Å². The highest BCUT2D eigenvalue weighted by Crippen LogP contribution is 2.18. The van der Waals surface area contributed by atoms with Gasteiger partial charge in [-0.25, -0.2) is 8.42 Å². The minimum Gasteiger partial charge on any atom is -0.375 e. The molecule has 0 aliphatic carbocycles. The molecule has 0 N–H and O–H groups in total. The van der Waals surface area contributed by atoms with E-state index in [-0.39, 0.29) is 5.75 Å². The molecule has 0 heterocycles. The molecule has 0 unspecified atom stereocenters. The van der Waals surface area contributed by atoms with Crippen molar-refractivity contribution in [3.8, 4) is 0 Å². The topological polar surface area (TPSA) is 37.4 Å². The molecule has 0 radical (unpaired) electrons. The van der Waals surface area contributed by atoms with E-state index in [0.29, 0.717) is 4.90 Å². The molecule has 0 aliphatic heterocycles. The lowest BCUT2D eigenvalue weighted by atomic mass is 10.2. The molecule has 0 spiro atoms. The lowest BCUT2D eigenvalue weighted by Gasteiger charge is -2.19. The SMILES string of the molecule is CCS(=O)(=O)c1ccc(N(C)CCCCCBr)cc1. The van der Waals surface area contributed by atoms with Crippen molar-refractivity contribution in [2.45, 2.75) is 31.1 Å². The predicted octanol–water partition coefficient (Wildman–Crippen LogP) is 3.48. The third kappa shape index (κ3) is 5.15. The molecule has 0 saturated carbocycles.